The number of aromatic nitrogens is 3. The first-order valence-electron chi connectivity index (χ1n) is 6.18. The molecule has 0 atom stereocenters. The van der Waals surface area contributed by atoms with Gasteiger partial charge in [0, 0.05) is 29.9 Å². The van der Waals surface area contributed by atoms with Crippen molar-refractivity contribution < 1.29 is 0 Å². The second-order valence-corrected chi connectivity index (χ2v) is 4.41. The lowest BCUT2D eigenvalue weighted by Crippen LogP contribution is -2.15. The second-order valence-electron chi connectivity index (χ2n) is 4.41. The predicted molar refractivity (Wildman–Crippen MR) is 80.9 cm³/mol. The van der Waals surface area contributed by atoms with E-state index in [9.17, 15) is 0 Å². The standard InChI is InChI=1S/C14H12BN5/c15-12-8-18-13(16)14(20-12)19-7-9-3-4-11-10(6-9)2-1-5-17-11/h1-6,8H,7H2,(H2,16,18)(H,19,20). The van der Waals surface area contributed by atoms with Crippen molar-refractivity contribution >= 4 is 36.0 Å². The molecule has 0 saturated heterocycles. The lowest BCUT2D eigenvalue weighted by Gasteiger charge is -2.09. The van der Waals surface area contributed by atoms with E-state index in [-0.39, 0.29) is 0 Å². The van der Waals surface area contributed by atoms with Crippen LogP contribution in [-0.2, 0) is 6.54 Å². The summed E-state index contributed by atoms with van der Waals surface area (Å²) in [5.74, 6) is 0.831. The fourth-order valence-corrected chi connectivity index (χ4v) is 1.96. The molecule has 3 N–H and O–H groups in total. The first-order chi connectivity index (χ1) is 9.72. The van der Waals surface area contributed by atoms with Gasteiger partial charge in [-0.05, 0) is 23.8 Å². The number of nitrogens with two attached hydrogens (primary N) is 1. The van der Waals surface area contributed by atoms with Gasteiger partial charge in [-0.25, -0.2) is 9.97 Å². The third kappa shape index (κ3) is 2.54. The number of nitrogens with one attached hydrogen (secondary N) is 1. The van der Waals surface area contributed by atoms with Gasteiger partial charge in [0.2, 0.25) is 0 Å². The van der Waals surface area contributed by atoms with Gasteiger partial charge in [-0.15, -0.1) is 0 Å². The van der Waals surface area contributed by atoms with Crippen molar-refractivity contribution in [3.63, 3.8) is 0 Å². The molecule has 0 bridgehead atoms. The number of pyridine rings is 1. The zero-order valence-electron chi connectivity index (χ0n) is 10.7. The molecule has 0 amide bonds. The van der Waals surface area contributed by atoms with Gasteiger partial charge in [-0.3, -0.25) is 4.98 Å². The van der Waals surface area contributed by atoms with E-state index in [1.807, 2.05) is 24.3 Å². The van der Waals surface area contributed by atoms with Gasteiger partial charge in [0.05, 0.1) is 5.52 Å². The van der Waals surface area contributed by atoms with E-state index in [2.05, 4.69) is 26.3 Å². The monoisotopic (exact) mass is 261 g/mol. The molecular weight excluding hydrogens is 249 g/mol. The molecule has 3 aromatic rings. The fraction of sp³-hybridized carbons (Fsp3) is 0.0714. The Morgan fingerprint density at radius 3 is 3.00 bits per heavy atom. The molecule has 0 unspecified atom stereocenters. The van der Waals surface area contributed by atoms with Crippen molar-refractivity contribution in [2.45, 2.75) is 6.54 Å². The SMILES string of the molecule is [B]c1cnc(N)c(NCc2ccc3ncccc3c2)n1. The third-order valence-electron chi connectivity index (χ3n) is 2.95. The number of nitrogens with zero attached hydrogens (tertiary/aromatic N) is 3. The van der Waals surface area contributed by atoms with Crippen LogP contribution in [0.2, 0.25) is 0 Å². The smallest absolute Gasteiger partial charge is 0.168 e. The van der Waals surface area contributed by atoms with E-state index in [0.717, 1.165) is 16.5 Å². The highest BCUT2D eigenvalue weighted by molar-refractivity contribution is 6.30. The summed E-state index contributed by atoms with van der Waals surface area (Å²) in [7, 11) is 5.59. The van der Waals surface area contributed by atoms with Crippen molar-refractivity contribution in [2.24, 2.45) is 0 Å². The normalized spacial score (nSPS) is 10.6. The summed E-state index contributed by atoms with van der Waals surface area (Å²) in [6.45, 7) is 0.590. The van der Waals surface area contributed by atoms with Crippen molar-refractivity contribution in [1.82, 2.24) is 15.0 Å². The van der Waals surface area contributed by atoms with E-state index in [0.29, 0.717) is 23.8 Å². The van der Waals surface area contributed by atoms with Crippen LogP contribution in [0.5, 0.6) is 0 Å². The summed E-state index contributed by atoms with van der Waals surface area (Å²) in [5, 5.41) is 4.23. The average molecular weight is 261 g/mol. The number of fused-ring (bicyclic) bond motifs is 1. The van der Waals surface area contributed by atoms with Gasteiger partial charge >= 0.3 is 0 Å². The lowest BCUT2D eigenvalue weighted by atomic mass is 10.1. The molecule has 2 aromatic heterocycles. The van der Waals surface area contributed by atoms with Crippen molar-refractivity contribution in [3.8, 4) is 0 Å². The van der Waals surface area contributed by atoms with Crippen LogP contribution in [0.15, 0.2) is 42.7 Å². The third-order valence-corrected chi connectivity index (χ3v) is 2.95. The first kappa shape index (κ1) is 12.4. The molecule has 1 aromatic carbocycles. The van der Waals surface area contributed by atoms with Crippen molar-refractivity contribution in [2.75, 3.05) is 11.1 Å². The Morgan fingerprint density at radius 1 is 1.20 bits per heavy atom. The molecule has 0 aliphatic heterocycles. The summed E-state index contributed by atoms with van der Waals surface area (Å²) in [5.41, 5.74) is 8.16. The molecule has 20 heavy (non-hydrogen) atoms. The van der Waals surface area contributed by atoms with Gasteiger partial charge in [-0.2, -0.15) is 0 Å². The Hall–Kier alpha value is -2.63. The van der Waals surface area contributed by atoms with Crippen LogP contribution in [-0.4, -0.2) is 22.8 Å². The maximum atomic E-state index is 5.74. The minimum Gasteiger partial charge on any atom is -0.381 e. The molecular formula is C14H12BN5. The minimum absolute atomic E-state index is 0.335. The maximum Gasteiger partial charge on any atom is 0.168 e. The summed E-state index contributed by atoms with van der Waals surface area (Å²) < 4.78 is 0. The summed E-state index contributed by atoms with van der Waals surface area (Å²) in [6.07, 6.45) is 3.21. The zero-order chi connectivity index (χ0) is 13.9. The lowest BCUT2D eigenvalue weighted by molar-refractivity contribution is 1.11. The Bertz CT molecular complexity index is 759. The first-order valence-corrected chi connectivity index (χ1v) is 6.18. The highest BCUT2D eigenvalue weighted by Crippen LogP contribution is 2.15. The predicted octanol–water partition coefficient (Wildman–Crippen LogP) is 1.01. The van der Waals surface area contributed by atoms with Crippen LogP contribution in [0.25, 0.3) is 10.9 Å². The second kappa shape index (κ2) is 5.17. The maximum absolute atomic E-state index is 5.74. The summed E-state index contributed by atoms with van der Waals surface area (Å²) >= 11 is 0. The molecule has 2 radical (unpaired) electrons. The number of hydrogen-bond acceptors (Lipinski definition) is 5. The highest BCUT2D eigenvalue weighted by atomic mass is 15.0. The largest absolute Gasteiger partial charge is 0.381 e. The molecule has 0 fully saturated rings. The number of rotatable bonds is 3. The Morgan fingerprint density at radius 2 is 2.10 bits per heavy atom. The number of anilines is 2. The van der Waals surface area contributed by atoms with Crippen LogP contribution >= 0.6 is 0 Å². The molecule has 5 nitrogen and oxygen atoms in total. The van der Waals surface area contributed by atoms with Gasteiger partial charge in [0.25, 0.3) is 0 Å². The van der Waals surface area contributed by atoms with Gasteiger partial charge < -0.3 is 11.1 Å². The van der Waals surface area contributed by atoms with E-state index < -0.39 is 0 Å². The van der Waals surface area contributed by atoms with Gasteiger partial charge in [-0.1, -0.05) is 12.1 Å². The molecule has 0 saturated carbocycles. The van der Waals surface area contributed by atoms with Gasteiger partial charge in [0.15, 0.2) is 11.6 Å². The average Bonchev–Trinajstić information content (AvgIpc) is 2.48. The Labute approximate surface area is 117 Å². The minimum atomic E-state index is 0.335. The van der Waals surface area contributed by atoms with Crippen molar-refractivity contribution in [3.05, 3.63) is 48.3 Å². The van der Waals surface area contributed by atoms with Crippen LogP contribution < -0.4 is 16.6 Å². The van der Waals surface area contributed by atoms with Crippen molar-refractivity contribution in [1.29, 1.82) is 0 Å². The number of hydrogen-bond donors (Lipinski definition) is 2. The van der Waals surface area contributed by atoms with Crippen LogP contribution in [0.1, 0.15) is 5.56 Å². The fourth-order valence-electron chi connectivity index (χ4n) is 1.96. The quantitative estimate of drug-likeness (QED) is 0.688. The highest BCUT2D eigenvalue weighted by Gasteiger charge is 2.03. The number of benzene rings is 1. The zero-order valence-corrected chi connectivity index (χ0v) is 10.7. The molecule has 96 valence electrons. The van der Waals surface area contributed by atoms with E-state index >= 15 is 0 Å². The molecule has 0 spiro atoms. The van der Waals surface area contributed by atoms with Gasteiger partial charge in [0.1, 0.15) is 7.85 Å². The van der Waals surface area contributed by atoms with Crippen LogP contribution in [0.4, 0.5) is 11.6 Å². The molecule has 0 aliphatic carbocycles. The summed E-state index contributed by atoms with van der Waals surface area (Å²) in [6, 6.07) is 10.0. The van der Waals surface area contributed by atoms with E-state index in [1.165, 1.54) is 6.20 Å². The molecule has 2 heterocycles. The van der Waals surface area contributed by atoms with E-state index in [1.54, 1.807) is 6.20 Å². The topological polar surface area (TPSA) is 76.7 Å². The molecule has 3 rings (SSSR count). The molecule has 6 heteroatoms. The van der Waals surface area contributed by atoms with Crippen LogP contribution in [0, 0.1) is 0 Å². The Kier molecular flexibility index (Phi) is 3.21. The van der Waals surface area contributed by atoms with E-state index in [4.69, 9.17) is 13.6 Å². The van der Waals surface area contributed by atoms with Crippen LogP contribution in [0.3, 0.4) is 0 Å². The Balaban J connectivity index is 1.81. The number of nitrogen functional groups attached to an aromatic ring is 1. The summed E-state index contributed by atoms with van der Waals surface area (Å²) in [4.78, 5) is 12.4. The molecule has 0 aliphatic rings.